The van der Waals surface area contributed by atoms with Gasteiger partial charge >= 0.3 is 0 Å². The van der Waals surface area contributed by atoms with Crippen LogP contribution in [0.2, 0.25) is 0 Å². The number of carbonyl (C=O) groups excluding carboxylic acids is 2. The van der Waals surface area contributed by atoms with Crippen LogP contribution < -0.4 is 9.47 Å². The summed E-state index contributed by atoms with van der Waals surface area (Å²) in [5, 5.41) is 0. The molecule has 0 aliphatic rings. The van der Waals surface area contributed by atoms with Gasteiger partial charge in [0.25, 0.3) is 5.91 Å². The molecule has 2 rings (SSSR count). The van der Waals surface area contributed by atoms with E-state index in [2.05, 4.69) is 4.98 Å². The molecule has 1 amide bonds. The summed E-state index contributed by atoms with van der Waals surface area (Å²) in [7, 11) is 0. The van der Waals surface area contributed by atoms with E-state index in [-0.39, 0.29) is 11.7 Å². The molecular formula is C21H28N2O4. The van der Waals surface area contributed by atoms with Gasteiger partial charge in [-0.2, -0.15) is 0 Å². The van der Waals surface area contributed by atoms with Gasteiger partial charge in [0.05, 0.1) is 13.2 Å². The van der Waals surface area contributed by atoms with Crippen LogP contribution >= 0.6 is 0 Å². The Kier molecular flexibility index (Phi) is 7.46. The SMILES string of the molecule is CCCN(Cc1ccc(OCC)c(OCC)c1)C(=O)c1cc(C(C)=O)c[nH]1. The molecule has 146 valence electrons. The maximum atomic E-state index is 12.9. The van der Waals surface area contributed by atoms with Gasteiger partial charge in [-0.15, -0.1) is 0 Å². The summed E-state index contributed by atoms with van der Waals surface area (Å²) >= 11 is 0. The smallest absolute Gasteiger partial charge is 0.270 e. The molecule has 2 aromatic rings. The van der Waals surface area contributed by atoms with Gasteiger partial charge < -0.3 is 19.4 Å². The number of nitrogens with zero attached hydrogens (tertiary/aromatic N) is 1. The van der Waals surface area contributed by atoms with Crippen LogP contribution in [-0.2, 0) is 6.54 Å². The van der Waals surface area contributed by atoms with Crippen molar-refractivity contribution in [3.05, 3.63) is 47.3 Å². The topological polar surface area (TPSA) is 71.6 Å². The summed E-state index contributed by atoms with van der Waals surface area (Å²) in [6.45, 7) is 9.53. The lowest BCUT2D eigenvalue weighted by atomic mass is 10.1. The average molecular weight is 372 g/mol. The van der Waals surface area contributed by atoms with Crippen molar-refractivity contribution < 1.29 is 19.1 Å². The highest BCUT2D eigenvalue weighted by molar-refractivity contribution is 5.99. The first-order chi connectivity index (χ1) is 13.0. The second-order valence-electron chi connectivity index (χ2n) is 6.23. The highest BCUT2D eigenvalue weighted by Crippen LogP contribution is 2.29. The Morgan fingerprint density at radius 3 is 2.33 bits per heavy atom. The van der Waals surface area contributed by atoms with Crippen molar-refractivity contribution in [3.8, 4) is 11.5 Å². The minimum absolute atomic E-state index is 0.0692. The Bertz CT molecular complexity index is 782. The molecule has 0 saturated heterocycles. The van der Waals surface area contributed by atoms with E-state index in [1.165, 1.54) is 6.92 Å². The summed E-state index contributed by atoms with van der Waals surface area (Å²) in [6, 6.07) is 7.34. The number of aromatic amines is 1. The van der Waals surface area contributed by atoms with Gasteiger partial charge in [-0.25, -0.2) is 0 Å². The molecule has 1 aromatic carbocycles. The molecule has 0 bridgehead atoms. The number of nitrogens with one attached hydrogen (secondary N) is 1. The molecule has 0 radical (unpaired) electrons. The number of Topliss-reactive ketones (excluding diaryl/α,β-unsaturated/α-hetero) is 1. The van der Waals surface area contributed by atoms with Crippen LogP contribution in [0.15, 0.2) is 30.5 Å². The molecule has 0 saturated carbocycles. The molecule has 0 spiro atoms. The quantitative estimate of drug-likeness (QED) is 0.638. The van der Waals surface area contributed by atoms with Gasteiger partial charge in [-0.1, -0.05) is 13.0 Å². The number of aromatic nitrogens is 1. The third-order valence-corrected chi connectivity index (χ3v) is 4.08. The fourth-order valence-corrected chi connectivity index (χ4v) is 2.83. The lowest BCUT2D eigenvalue weighted by molar-refractivity contribution is 0.0737. The van der Waals surface area contributed by atoms with Crippen molar-refractivity contribution in [2.24, 2.45) is 0 Å². The van der Waals surface area contributed by atoms with Crippen LogP contribution in [0.5, 0.6) is 11.5 Å². The second-order valence-corrected chi connectivity index (χ2v) is 6.23. The zero-order chi connectivity index (χ0) is 19.8. The fourth-order valence-electron chi connectivity index (χ4n) is 2.83. The summed E-state index contributed by atoms with van der Waals surface area (Å²) in [6.07, 6.45) is 2.41. The fraction of sp³-hybridized carbons (Fsp3) is 0.429. The number of carbonyl (C=O) groups is 2. The maximum Gasteiger partial charge on any atom is 0.270 e. The van der Waals surface area contributed by atoms with Crippen molar-refractivity contribution in [2.45, 2.75) is 40.7 Å². The zero-order valence-electron chi connectivity index (χ0n) is 16.5. The summed E-state index contributed by atoms with van der Waals surface area (Å²) < 4.78 is 11.3. The third kappa shape index (κ3) is 5.36. The highest BCUT2D eigenvalue weighted by atomic mass is 16.5. The van der Waals surface area contributed by atoms with Crippen LogP contribution in [0, 0.1) is 0 Å². The van der Waals surface area contributed by atoms with Crippen LogP contribution in [0.3, 0.4) is 0 Å². The van der Waals surface area contributed by atoms with Crippen molar-refractivity contribution in [3.63, 3.8) is 0 Å². The largest absolute Gasteiger partial charge is 0.490 e. The number of hydrogen-bond donors (Lipinski definition) is 1. The summed E-state index contributed by atoms with van der Waals surface area (Å²) in [5.41, 5.74) is 1.89. The van der Waals surface area contributed by atoms with E-state index in [9.17, 15) is 9.59 Å². The predicted octanol–water partition coefficient (Wildman–Crippen LogP) is 4.07. The lowest BCUT2D eigenvalue weighted by Gasteiger charge is -2.22. The van der Waals surface area contributed by atoms with Crippen LogP contribution in [-0.4, -0.2) is 41.3 Å². The Labute approximate surface area is 160 Å². The van der Waals surface area contributed by atoms with E-state index in [1.54, 1.807) is 17.2 Å². The molecule has 0 unspecified atom stereocenters. The van der Waals surface area contributed by atoms with E-state index < -0.39 is 0 Å². The number of H-pyrrole nitrogens is 1. The first-order valence-electron chi connectivity index (χ1n) is 9.37. The molecule has 0 aliphatic heterocycles. The monoisotopic (exact) mass is 372 g/mol. The number of amides is 1. The van der Waals surface area contributed by atoms with Gasteiger partial charge in [0.2, 0.25) is 0 Å². The predicted molar refractivity (Wildman–Crippen MR) is 105 cm³/mol. The molecule has 6 heteroatoms. The molecule has 1 aromatic heterocycles. The van der Waals surface area contributed by atoms with Gasteiger partial charge in [0.15, 0.2) is 17.3 Å². The van der Waals surface area contributed by atoms with Crippen molar-refractivity contribution >= 4 is 11.7 Å². The average Bonchev–Trinajstić information content (AvgIpc) is 3.14. The van der Waals surface area contributed by atoms with Crippen LogP contribution in [0.25, 0.3) is 0 Å². The second kappa shape index (κ2) is 9.80. The van der Waals surface area contributed by atoms with E-state index in [4.69, 9.17) is 9.47 Å². The zero-order valence-corrected chi connectivity index (χ0v) is 16.5. The standard InChI is InChI=1S/C21H28N2O4/c1-5-10-23(21(25)18-12-17(13-22-18)15(4)24)14-16-8-9-19(26-6-2)20(11-16)27-7-3/h8-9,11-13,22H,5-7,10,14H2,1-4H3. The number of hydrogen-bond acceptors (Lipinski definition) is 4. The Hall–Kier alpha value is -2.76. The van der Waals surface area contributed by atoms with Crippen LogP contribution in [0.4, 0.5) is 0 Å². The van der Waals surface area contributed by atoms with E-state index in [0.29, 0.717) is 49.1 Å². The van der Waals surface area contributed by atoms with Gasteiger partial charge in [-0.3, -0.25) is 9.59 Å². The van der Waals surface area contributed by atoms with E-state index in [0.717, 1.165) is 12.0 Å². The maximum absolute atomic E-state index is 12.9. The van der Waals surface area contributed by atoms with Crippen molar-refractivity contribution in [1.29, 1.82) is 0 Å². The molecule has 6 nitrogen and oxygen atoms in total. The van der Waals surface area contributed by atoms with Crippen molar-refractivity contribution in [1.82, 2.24) is 9.88 Å². The first-order valence-corrected chi connectivity index (χ1v) is 9.37. The van der Waals surface area contributed by atoms with Crippen LogP contribution in [0.1, 0.15) is 60.5 Å². The first kappa shape index (κ1) is 20.6. The molecule has 1 N–H and O–H groups in total. The minimum Gasteiger partial charge on any atom is -0.490 e. The Balaban J connectivity index is 2.22. The third-order valence-electron chi connectivity index (χ3n) is 4.08. The van der Waals surface area contributed by atoms with E-state index in [1.807, 2.05) is 39.0 Å². The molecule has 27 heavy (non-hydrogen) atoms. The molecule has 0 atom stereocenters. The number of ketones is 1. The Morgan fingerprint density at radius 1 is 1.04 bits per heavy atom. The lowest BCUT2D eigenvalue weighted by Crippen LogP contribution is -2.31. The molecule has 1 heterocycles. The number of ether oxygens (including phenoxy) is 2. The molecule has 0 fully saturated rings. The summed E-state index contributed by atoms with van der Waals surface area (Å²) in [4.78, 5) is 29.0. The highest BCUT2D eigenvalue weighted by Gasteiger charge is 2.19. The molecule has 0 aliphatic carbocycles. The van der Waals surface area contributed by atoms with Crippen molar-refractivity contribution in [2.75, 3.05) is 19.8 Å². The normalized spacial score (nSPS) is 10.5. The Morgan fingerprint density at radius 2 is 1.74 bits per heavy atom. The number of benzene rings is 1. The minimum atomic E-state index is -0.129. The summed E-state index contributed by atoms with van der Waals surface area (Å²) in [5.74, 6) is 1.18. The van der Waals surface area contributed by atoms with Gasteiger partial charge in [0.1, 0.15) is 5.69 Å². The van der Waals surface area contributed by atoms with Gasteiger partial charge in [0, 0.05) is 24.8 Å². The number of rotatable bonds is 10. The molecular weight excluding hydrogens is 344 g/mol. The van der Waals surface area contributed by atoms with Gasteiger partial charge in [-0.05, 0) is 51.0 Å². The van der Waals surface area contributed by atoms with E-state index >= 15 is 0 Å².